The predicted molar refractivity (Wildman–Crippen MR) is 68.0 cm³/mol. The van der Waals surface area contributed by atoms with Gasteiger partial charge in [-0.2, -0.15) is 0 Å². The molecule has 0 aliphatic carbocycles. The second-order valence-electron chi connectivity index (χ2n) is 4.02. The molecule has 0 bridgehead atoms. The molecule has 1 heterocycles. The normalized spacial score (nSPS) is 10.4. The molecular weight excluding hydrogens is 196 g/mol. The summed E-state index contributed by atoms with van der Waals surface area (Å²) >= 11 is 0. The summed E-state index contributed by atoms with van der Waals surface area (Å²) in [5.41, 5.74) is 11.3. The third-order valence-corrected chi connectivity index (χ3v) is 2.83. The predicted octanol–water partition coefficient (Wildman–Crippen LogP) is 3.13. The van der Waals surface area contributed by atoms with E-state index in [4.69, 9.17) is 5.73 Å². The van der Waals surface area contributed by atoms with Crippen LogP contribution in [0.2, 0.25) is 0 Å². The standard InChI is InChI=1S/C14H15N2/c1-9-4-5-10(2)14(11(9)3)12-6-7-13(15)16-8-12/h4-8H,3H2,1-2H3,(H2,15,16). The lowest BCUT2D eigenvalue weighted by Crippen LogP contribution is -1.94. The van der Waals surface area contributed by atoms with Gasteiger partial charge >= 0.3 is 0 Å². The van der Waals surface area contributed by atoms with Crippen molar-refractivity contribution in [3.05, 3.63) is 54.1 Å². The Morgan fingerprint density at radius 3 is 2.38 bits per heavy atom. The SMILES string of the molecule is [CH2]c1c(C)ccc(C)c1-c1ccc(N)nc1. The molecule has 0 aliphatic rings. The molecule has 2 aromatic rings. The van der Waals surface area contributed by atoms with Gasteiger partial charge in [-0.3, -0.25) is 0 Å². The summed E-state index contributed by atoms with van der Waals surface area (Å²) in [5, 5.41) is 0. The first kappa shape index (κ1) is 10.7. The first-order valence-electron chi connectivity index (χ1n) is 5.23. The highest BCUT2D eigenvalue weighted by Gasteiger charge is 2.07. The van der Waals surface area contributed by atoms with E-state index in [0.717, 1.165) is 16.7 Å². The number of aromatic nitrogens is 1. The minimum Gasteiger partial charge on any atom is -0.384 e. The van der Waals surface area contributed by atoms with Crippen molar-refractivity contribution < 1.29 is 0 Å². The van der Waals surface area contributed by atoms with Crippen LogP contribution in [0, 0.1) is 20.8 Å². The molecular formula is C14H15N2. The zero-order valence-corrected chi connectivity index (χ0v) is 9.62. The second-order valence-corrected chi connectivity index (χ2v) is 4.02. The van der Waals surface area contributed by atoms with Crippen molar-refractivity contribution in [3.63, 3.8) is 0 Å². The smallest absolute Gasteiger partial charge is 0.123 e. The molecule has 1 aromatic carbocycles. The Kier molecular flexibility index (Phi) is 2.65. The lowest BCUT2D eigenvalue weighted by Gasteiger charge is -2.12. The van der Waals surface area contributed by atoms with Gasteiger partial charge in [0.1, 0.15) is 5.82 Å². The summed E-state index contributed by atoms with van der Waals surface area (Å²) in [6.45, 7) is 8.27. The number of nitrogen functional groups attached to an aromatic ring is 1. The van der Waals surface area contributed by atoms with E-state index in [9.17, 15) is 0 Å². The maximum Gasteiger partial charge on any atom is 0.123 e. The molecule has 81 valence electrons. The Labute approximate surface area is 96.1 Å². The largest absolute Gasteiger partial charge is 0.384 e. The fourth-order valence-electron chi connectivity index (χ4n) is 1.82. The van der Waals surface area contributed by atoms with Crippen LogP contribution < -0.4 is 5.73 Å². The van der Waals surface area contributed by atoms with Gasteiger partial charge in [-0.05, 0) is 55.2 Å². The van der Waals surface area contributed by atoms with Gasteiger partial charge in [0.05, 0.1) is 0 Å². The van der Waals surface area contributed by atoms with Gasteiger partial charge in [0, 0.05) is 11.8 Å². The first-order chi connectivity index (χ1) is 7.59. The lowest BCUT2D eigenvalue weighted by molar-refractivity contribution is 1.30. The van der Waals surface area contributed by atoms with Crippen molar-refractivity contribution in [3.8, 4) is 11.1 Å². The first-order valence-corrected chi connectivity index (χ1v) is 5.23. The van der Waals surface area contributed by atoms with Gasteiger partial charge in [-0.25, -0.2) is 4.98 Å². The van der Waals surface area contributed by atoms with E-state index >= 15 is 0 Å². The summed E-state index contributed by atoms with van der Waals surface area (Å²) in [5.74, 6) is 0.541. The van der Waals surface area contributed by atoms with Crippen LogP contribution in [-0.2, 0) is 0 Å². The van der Waals surface area contributed by atoms with Crippen LogP contribution >= 0.6 is 0 Å². The van der Waals surface area contributed by atoms with Crippen LogP contribution in [0.5, 0.6) is 0 Å². The zero-order valence-electron chi connectivity index (χ0n) is 9.62. The van der Waals surface area contributed by atoms with E-state index in [0.29, 0.717) is 5.82 Å². The van der Waals surface area contributed by atoms with Crippen LogP contribution in [0.4, 0.5) is 5.82 Å². The fraction of sp³-hybridized carbons (Fsp3) is 0.143. The van der Waals surface area contributed by atoms with E-state index in [1.54, 1.807) is 6.20 Å². The Morgan fingerprint density at radius 2 is 1.75 bits per heavy atom. The van der Waals surface area contributed by atoms with Crippen molar-refractivity contribution in [1.29, 1.82) is 0 Å². The molecule has 0 fully saturated rings. The average molecular weight is 211 g/mol. The minimum absolute atomic E-state index is 0.541. The van der Waals surface area contributed by atoms with Gasteiger partial charge < -0.3 is 5.73 Å². The summed E-state index contributed by atoms with van der Waals surface area (Å²) < 4.78 is 0. The maximum absolute atomic E-state index is 5.58. The number of pyridine rings is 1. The quantitative estimate of drug-likeness (QED) is 0.787. The monoisotopic (exact) mass is 211 g/mol. The van der Waals surface area contributed by atoms with Crippen LogP contribution in [0.25, 0.3) is 11.1 Å². The third-order valence-electron chi connectivity index (χ3n) is 2.83. The van der Waals surface area contributed by atoms with Gasteiger partial charge in [-0.1, -0.05) is 12.1 Å². The fourth-order valence-corrected chi connectivity index (χ4v) is 1.82. The van der Waals surface area contributed by atoms with E-state index in [1.807, 2.05) is 12.1 Å². The number of aryl methyl sites for hydroxylation is 2. The minimum atomic E-state index is 0.541. The molecule has 16 heavy (non-hydrogen) atoms. The number of benzene rings is 1. The molecule has 0 unspecified atom stereocenters. The molecule has 0 spiro atoms. The molecule has 2 rings (SSSR count). The van der Waals surface area contributed by atoms with Crippen molar-refractivity contribution in [2.45, 2.75) is 13.8 Å². The van der Waals surface area contributed by atoms with E-state index in [2.05, 4.69) is 37.9 Å². The number of hydrogen-bond donors (Lipinski definition) is 1. The van der Waals surface area contributed by atoms with Crippen molar-refractivity contribution in [2.75, 3.05) is 5.73 Å². The molecule has 0 atom stereocenters. The molecule has 0 amide bonds. The van der Waals surface area contributed by atoms with Crippen molar-refractivity contribution in [2.24, 2.45) is 0 Å². The number of hydrogen-bond acceptors (Lipinski definition) is 2. The molecule has 0 saturated carbocycles. The lowest BCUT2D eigenvalue weighted by atomic mass is 9.94. The number of anilines is 1. The molecule has 2 nitrogen and oxygen atoms in total. The van der Waals surface area contributed by atoms with E-state index in [1.165, 1.54) is 11.1 Å². The van der Waals surface area contributed by atoms with Crippen LogP contribution in [-0.4, -0.2) is 4.98 Å². The second kappa shape index (κ2) is 3.97. The van der Waals surface area contributed by atoms with Gasteiger partial charge in [0.15, 0.2) is 0 Å². The van der Waals surface area contributed by atoms with Gasteiger partial charge in [0.2, 0.25) is 0 Å². The highest BCUT2D eigenvalue weighted by atomic mass is 14.8. The Hall–Kier alpha value is -1.83. The van der Waals surface area contributed by atoms with Gasteiger partial charge in [0.25, 0.3) is 0 Å². The molecule has 0 saturated heterocycles. The highest BCUT2D eigenvalue weighted by Crippen LogP contribution is 2.28. The number of nitrogens with two attached hydrogens (primary N) is 1. The highest BCUT2D eigenvalue weighted by molar-refractivity contribution is 5.73. The van der Waals surface area contributed by atoms with E-state index in [-0.39, 0.29) is 0 Å². The number of nitrogens with zero attached hydrogens (tertiary/aromatic N) is 1. The Balaban J connectivity index is 2.63. The molecule has 1 radical (unpaired) electrons. The summed E-state index contributed by atoms with van der Waals surface area (Å²) in [6, 6.07) is 8.00. The molecule has 2 heteroatoms. The summed E-state index contributed by atoms with van der Waals surface area (Å²) in [4.78, 5) is 4.12. The van der Waals surface area contributed by atoms with Crippen LogP contribution in [0.15, 0.2) is 30.5 Å². The number of rotatable bonds is 1. The third kappa shape index (κ3) is 1.78. The zero-order chi connectivity index (χ0) is 11.7. The summed E-state index contributed by atoms with van der Waals surface area (Å²) in [6.07, 6.45) is 1.80. The molecule has 1 aromatic heterocycles. The maximum atomic E-state index is 5.58. The molecule has 2 N–H and O–H groups in total. The van der Waals surface area contributed by atoms with Crippen molar-refractivity contribution in [1.82, 2.24) is 4.98 Å². The van der Waals surface area contributed by atoms with Crippen LogP contribution in [0.1, 0.15) is 16.7 Å². The summed E-state index contributed by atoms with van der Waals surface area (Å²) in [7, 11) is 0. The Bertz CT molecular complexity index is 513. The van der Waals surface area contributed by atoms with Crippen molar-refractivity contribution >= 4 is 5.82 Å². The molecule has 0 aliphatic heterocycles. The Morgan fingerprint density at radius 1 is 1.06 bits per heavy atom. The van der Waals surface area contributed by atoms with E-state index < -0.39 is 0 Å². The topological polar surface area (TPSA) is 38.9 Å². The van der Waals surface area contributed by atoms with Crippen LogP contribution in [0.3, 0.4) is 0 Å². The average Bonchev–Trinajstić information content (AvgIpc) is 2.27. The van der Waals surface area contributed by atoms with Gasteiger partial charge in [-0.15, -0.1) is 0 Å².